The molecule has 0 atom stereocenters. The Bertz CT molecular complexity index is 953. The molecule has 0 aliphatic heterocycles. The summed E-state index contributed by atoms with van der Waals surface area (Å²) in [6.07, 6.45) is 3.64. The molecule has 0 bridgehead atoms. The van der Waals surface area contributed by atoms with E-state index < -0.39 is 5.56 Å². The zero-order valence-corrected chi connectivity index (χ0v) is 10.2. The first-order chi connectivity index (χ1) is 9.61. The Hall–Kier alpha value is -3.28. The van der Waals surface area contributed by atoms with E-state index in [-0.39, 0.29) is 22.5 Å². The number of nitrogens with one attached hydrogen (secondary N) is 1. The topological polar surface area (TPSA) is 122 Å². The van der Waals surface area contributed by atoms with Crippen LogP contribution in [0.15, 0.2) is 28.2 Å². The van der Waals surface area contributed by atoms with Gasteiger partial charge in [-0.05, 0) is 6.92 Å². The first kappa shape index (κ1) is 11.8. The van der Waals surface area contributed by atoms with E-state index in [1.807, 2.05) is 6.07 Å². The van der Waals surface area contributed by atoms with E-state index in [0.717, 1.165) is 10.8 Å². The molecule has 9 heteroatoms. The Labute approximate surface area is 110 Å². The zero-order valence-electron chi connectivity index (χ0n) is 10.2. The number of nitriles is 1. The maximum Gasteiger partial charge on any atom is 0.287 e. The molecule has 0 unspecified atom stereocenters. The summed E-state index contributed by atoms with van der Waals surface area (Å²) in [6, 6.07) is 1.88. The van der Waals surface area contributed by atoms with E-state index in [9.17, 15) is 9.59 Å². The van der Waals surface area contributed by atoms with Crippen molar-refractivity contribution >= 4 is 5.52 Å². The van der Waals surface area contributed by atoms with Crippen molar-refractivity contribution in [3.8, 4) is 11.9 Å². The molecule has 0 saturated heterocycles. The van der Waals surface area contributed by atoms with Gasteiger partial charge in [-0.15, -0.1) is 9.73 Å². The first-order valence-corrected chi connectivity index (χ1v) is 5.54. The van der Waals surface area contributed by atoms with Crippen LogP contribution >= 0.6 is 0 Å². The molecule has 0 aromatic carbocycles. The number of aromatic amines is 1. The summed E-state index contributed by atoms with van der Waals surface area (Å²) in [4.78, 5) is 29.8. The van der Waals surface area contributed by atoms with Crippen LogP contribution in [-0.4, -0.2) is 29.4 Å². The summed E-state index contributed by atoms with van der Waals surface area (Å²) < 4.78 is 2.31. The quantitative estimate of drug-likeness (QED) is 0.613. The minimum atomic E-state index is -0.480. The van der Waals surface area contributed by atoms with E-state index in [2.05, 4.69) is 20.2 Å². The van der Waals surface area contributed by atoms with Gasteiger partial charge in [-0.1, -0.05) is 0 Å². The number of fused-ring (bicyclic) bond motifs is 1. The second kappa shape index (κ2) is 4.13. The fraction of sp³-hybridized carbons (Fsp3) is 0.0909. The molecule has 3 aromatic rings. The van der Waals surface area contributed by atoms with Crippen LogP contribution in [0.1, 0.15) is 11.4 Å². The minimum absolute atomic E-state index is 0.0612. The van der Waals surface area contributed by atoms with Crippen molar-refractivity contribution in [3.05, 3.63) is 50.7 Å². The highest BCUT2D eigenvalue weighted by atomic mass is 16.1. The van der Waals surface area contributed by atoms with Gasteiger partial charge in [0.15, 0.2) is 11.3 Å². The summed E-state index contributed by atoms with van der Waals surface area (Å²) in [5.41, 5.74) is -0.673. The third-order valence-electron chi connectivity index (χ3n) is 2.73. The van der Waals surface area contributed by atoms with Gasteiger partial charge < -0.3 is 4.98 Å². The lowest BCUT2D eigenvalue weighted by molar-refractivity contribution is 0.703. The largest absolute Gasteiger partial charge is 0.324 e. The lowest BCUT2D eigenvalue weighted by atomic mass is 10.3. The van der Waals surface area contributed by atoms with Crippen LogP contribution in [0, 0.1) is 18.3 Å². The summed E-state index contributed by atoms with van der Waals surface area (Å²) in [5.74, 6) is 0.543. The average molecular weight is 269 g/mol. The van der Waals surface area contributed by atoms with Crippen molar-refractivity contribution in [1.29, 1.82) is 5.26 Å². The molecular weight excluding hydrogens is 262 g/mol. The van der Waals surface area contributed by atoms with Crippen molar-refractivity contribution < 1.29 is 0 Å². The molecule has 3 rings (SSSR count). The molecular formula is C11H7N7O2. The molecule has 0 aliphatic rings. The fourth-order valence-corrected chi connectivity index (χ4v) is 1.86. The Balaban J connectivity index is 2.42. The average Bonchev–Trinajstić information content (AvgIpc) is 2.84. The van der Waals surface area contributed by atoms with Gasteiger partial charge in [0.25, 0.3) is 11.1 Å². The first-order valence-electron chi connectivity index (χ1n) is 5.54. The van der Waals surface area contributed by atoms with Crippen LogP contribution < -0.4 is 11.1 Å². The van der Waals surface area contributed by atoms with Gasteiger partial charge in [-0.25, -0.2) is 9.55 Å². The second-order valence-electron chi connectivity index (χ2n) is 3.97. The SMILES string of the molecule is Cc1nn2ncc(C#N)c2c(=O)n1-c1c[nH]c(=O)cn1. The molecule has 20 heavy (non-hydrogen) atoms. The van der Waals surface area contributed by atoms with Crippen molar-refractivity contribution in [2.45, 2.75) is 6.92 Å². The summed E-state index contributed by atoms with van der Waals surface area (Å²) in [6.45, 7) is 1.60. The highest BCUT2D eigenvalue weighted by Crippen LogP contribution is 2.06. The number of hydrogen-bond acceptors (Lipinski definition) is 6. The van der Waals surface area contributed by atoms with Gasteiger partial charge in [0.2, 0.25) is 0 Å². The lowest BCUT2D eigenvalue weighted by Gasteiger charge is -2.07. The smallest absolute Gasteiger partial charge is 0.287 e. The van der Waals surface area contributed by atoms with Crippen LogP contribution in [0.4, 0.5) is 0 Å². The number of hydrogen-bond donors (Lipinski definition) is 1. The maximum atomic E-state index is 12.5. The van der Waals surface area contributed by atoms with E-state index in [0.29, 0.717) is 5.82 Å². The third kappa shape index (κ3) is 1.59. The van der Waals surface area contributed by atoms with E-state index in [1.165, 1.54) is 17.0 Å². The molecule has 98 valence electrons. The number of aromatic nitrogens is 6. The lowest BCUT2D eigenvalue weighted by Crippen LogP contribution is -2.27. The van der Waals surface area contributed by atoms with Crippen LogP contribution in [-0.2, 0) is 0 Å². The van der Waals surface area contributed by atoms with Crippen LogP contribution in [0.3, 0.4) is 0 Å². The zero-order chi connectivity index (χ0) is 14.3. The normalized spacial score (nSPS) is 10.6. The van der Waals surface area contributed by atoms with Crippen LogP contribution in [0.25, 0.3) is 11.3 Å². The Morgan fingerprint density at radius 3 is 2.80 bits per heavy atom. The maximum absolute atomic E-state index is 12.5. The molecule has 9 nitrogen and oxygen atoms in total. The van der Waals surface area contributed by atoms with Gasteiger partial charge in [-0.2, -0.15) is 10.4 Å². The summed E-state index contributed by atoms with van der Waals surface area (Å²) >= 11 is 0. The van der Waals surface area contributed by atoms with Gasteiger partial charge in [0, 0.05) is 6.20 Å². The van der Waals surface area contributed by atoms with Crippen molar-refractivity contribution in [2.24, 2.45) is 0 Å². The molecule has 0 saturated carbocycles. The van der Waals surface area contributed by atoms with Crippen LogP contribution in [0.5, 0.6) is 0 Å². The highest BCUT2D eigenvalue weighted by Gasteiger charge is 2.15. The van der Waals surface area contributed by atoms with E-state index in [4.69, 9.17) is 5.26 Å². The molecule has 0 fully saturated rings. The number of rotatable bonds is 1. The molecule has 0 amide bonds. The van der Waals surface area contributed by atoms with E-state index in [1.54, 1.807) is 6.92 Å². The molecule has 1 N–H and O–H groups in total. The summed E-state index contributed by atoms with van der Waals surface area (Å²) in [5, 5.41) is 16.9. The predicted octanol–water partition coefficient (Wildman–Crippen LogP) is -0.856. The Morgan fingerprint density at radius 1 is 1.35 bits per heavy atom. The standard InChI is InChI=1S/C11H7N7O2/c1-6-16-18-10(7(2-12)3-15-18)11(20)17(6)8-4-14-9(19)5-13-8/h3-5H,1H3,(H,14,19). The highest BCUT2D eigenvalue weighted by molar-refractivity contribution is 5.58. The monoisotopic (exact) mass is 269 g/mol. The molecule has 0 spiro atoms. The van der Waals surface area contributed by atoms with Gasteiger partial charge in [-0.3, -0.25) is 9.59 Å². The molecule has 0 radical (unpaired) electrons. The van der Waals surface area contributed by atoms with Crippen molar-refractivity contribution in [1.82, 2.24) is 29.4 Å². The second-order valence-corrected chi connectivity index (χ2v) is 3.97. The molecule has 3 aromatic heterocycles. The Morgan fingerprint density at radius 2 is 2.15 bits per heavy atom. The molecule has 0 aliphatic carbocycles. The Kier molecular flexibility index (Phi) is 2.43. The predicted molar refractivity (Wildman–Crippen MR) is 66.5 cm³/mol. The summed E-state index contributed by atoms with van der Waals surface area (Å²) in [7, 11) is 0. The van der Waals surface area contributed by atoms with Crippen LogP contribution in [0.2, 0.25) is 0 Å². The molecule has 3 heterocycles. The number of H-pyrrole nitrogens is 1. The van der Waals surface area contributed by atoms with Gasteiger partial charge in [0.1, 0.15) is 17.5 Å². The van der Waals surface area contributed by atoms with E-state index >= 15 is 0 Å². The number of aryl methyl sites for hydroxylation is 1. The van der Waals surface area contributed by atoms with Crippen molar-refractivity contribution in [2.75, 3.05) is 0 Å². The van der Waals surface area contributed by atoms with Gasteiger partial charge in [0.05, 0.1) is 12.4 Å². The van der Waals surface area contributed by atoms with Crippen molar-refractivity contribution in [3.63, 3.8) is 0 Å². The minimum Gasteiger partial charge on any atom is -0.324 e. The fourth-order valence-electron chi connectivity index (χ4n) is 1.86. The van der Waals surface area contributed by atoms with Gasteiger partial charge >= 0.3 is 0 Å². The third-order valence-corrected chi connectivity index (χ3v) is 2.73. The number of nitrogens with zero attached hydrogens (tertiary/aromatic N) is 6.